The van der Waals surface area contributed by atoms with Gasteiger partial charge in [-0.15, -0.1) is 0 Å². The Hall–Kier alpha value is -1.12. The van der Waals surface area contributed by atoms with Crippen LogP contribution in [-0.4, -0.2) is 79.0 Å². The monoisotopic (exact) mass is 905 g/mol. The van der Waals surface area contributed by atoms with Gasteiger partial charge in [0.2, 0.25) is 0 Å². The van der Waals surface area contributed by atoms with Crippen LogP contribution in [0.2, 0.25) is 0 Å². The number of unbranched alkanes of at least 4 members (excludes halogenated alkanes) is 26. The van der Waals surface area contributed by atoms with E-state index in [1.54, 1.807) is 13.8 Å². The minimum atomic E-state index is -4.18. The van der Waals surface area contributed by atoms with Gasteiger partial charge in [-0.05, 0) is 67.7 Å². The van der Waals surface area contributed by atoms with Crippen LogP contribution in [0.3, 0.4) is 0 Å². The number of hydrogen-bond donors (Lipinski definition) is 0. The number of carbonyl (C=O) groups excluding carboxylic acids is 2. The third-order valence-electron chi connectivity index (χ3n) is 11.2. The van der Waals surface area contributed by atoms with E-state index in [1.165, 1.54) is 122 Å². The van der Waals surface area contributed by atoms with Crippen LogP contribution in [0.15, 0.2) is 0 Å². The summed E-state index contributed by atoms with van der Waals surface area (Å²) in [6.07, 6.45) is 34.9. The maximum Gasteiger partial charge on any atom is 0.824 e. The lowest BCUT2D eigenvalue weighted by Crippen LogP contribution is -2.57. The molecular weight excluding hydrogens is 805 g/mol. The zero-order valence-electron chi connectivity index (χ0n) is 41.9. The van der Waals surface area contributed by atoms with E-state index in [1.807, 2.05) is 34.6 Å². The second-order valence-electron chi connectivity index (χ2n) is 16.6. The SMILES string of the molecule is CCCCCCCCCCCCCCCCCC(=O)O[Si](OCC)(OCC)OC(=O)C(CCCCCCCCCCCCCCCC(OCC)(OCC)OCC)(OCC)OCC. The summed E-state index contributed by atoms with van der Waals surface area (Å²) in [5.41, 5.74) is 0. The predicted octanol–water partition coefficient (Wildman–Crippen LogP) is 14.2. The first-order valence-electron chi connectivity index (χ1n) is 26.1. The summed E-state index contributed by atoms with van der Waals surface area (Å²) in [4.78, 5) is 27.1. The zero-order valence-corrected chi connectivity index (χ0v) is 42.9. The molecule has 0 aromatic rings. The van der Waals surface area contributed by atoms with Gasteiger partial charge in [-0.2, -0.15) is 0 Å². The molecule has 12 heteroatoms. The van der Waals surface area contributed by atoms with Gasteiger partial charge in [-0.3, -0.25) is 4.79 Å². The summed E-state index contributed by atoms with van der Waals surface area (Å²) in [7, 11) is -4.18. The maximum absolute atomic E-state index is 14.0. The maximum atomic E-state index is 14.0. The first-order chi connectivity index (χ1) is 30.2. The average molecular weight is 905 g/mol. The molecule has 0 N–H and O–H groups in total. The van der Waals surface area contributed by atoms with Crippen molar-refractivity contribution in [1.29, 1.82) is 0 Å². The smallest absolute Gasteiger partial charge is 0.442 e. The van der Waals surface area contributed by atoms with Gasteiger partial charge in [0.25, 0.3) is 17.7 Å². The van der Waals surface area contributed by atoms with Gasteiger partial charge in [0.15, 0.2) is 0 Å². The van der Waals surface area contributed by atoms with Crippen molar-refractivity contribution in [2.75, 3.05) is 46.2 Å². The molecule has 0 radical (unpaired) electrons. The van der Waals surface area contributed by atoms with E-state index >= 15 is 0 Å². The topological polar surface area (TPSA) is 117 Å². The van der Waals surface area contributed by atoms with Gasteiger partial charge in [-0.25, -0.2) is 4.79 Å². The number of ether oxygens (including phenoxy) is 5. The number of rotatable bonds is 49. The molecule has 0 amide bonds. The molecule has 370 valence electrons. The normalized spacial score (nSPS) is 12.3. The molecule has 0 rings (SSSR count). The van der Waals surface area contributed by atoms with Crippen molar-refractivity contribution < 1.29 is 51.0 Å². The molecule has 0 aliphatic carbocycles. The Kier molecular flexibility index (Phi) is 41.7. The van der Waals surface area contributed by atoms with Crippen LogP contribution in [0.5, 0.6) is 0 Å². The molecule has 0 atom stereocenters. The lowest BCUT2D eigenvalue weighted by molar-refractivity contribution is -0.380. The number of carbonyl (C=O) groups is 2. The minimum Gasteiger partial charge on any atom is -0.442 e. The standard InChI is InChI=1S/C50H100O11Si/c1-9-17-18-19-20-21-22-23-24-26-29-32-35-38-41-44-47(51)60-62(58-15-7,59-16-8)61-48(52)49(53-10-2,54-11-3)45-42-39-36-33-30-27-25-28-31-34-37-40-43-46-50(55-12-4,56-13-5)57-14-6/h9-46H2,1-8H3. The second kappa shape index (κ2) is 42.5. The highest BCUT2D eigenvalue weighted by molar-refractivity contribution is 6.57. The predicted molar refractivity (Wildman–Crippen MR) is 254 cm³/mol. The first kappa shape index (κ1) is 60.9. The highest BCUT2D eigenvalue weighted by atomic mass is 28.4. The van der Waals surface area contributed by atoms with Crippen LogP contribution in [0.1, 0.15) is 254 Å². The lowest BCUT2D eigenvalue weighted by atomic mass is 10.0. The number of hydrogen-bond acceptors (Lipinski definition) is 11. The van der Waals surface area contributed by atoms with Crippen molar-refractivity contribution in [3.05, 3.63) is 0 Å². The van der Waals surface area contributed by atoms with E-state index in [0.29, 0.717) is 32.7 Å². The molecule has 0 aromatic heterocycles. The van der Waals surface area contributed by atoms with Crippen LogP contribution in [-0.2, 0) is 51.0 Å². The largest absolute Gasteiger partial charge is 0.824 e. The summed E-state index contributed by atoms with van der Waals surface area (Å²) >= 11 is 0. The molecule has 0 saturated heterocycles. The average Bonchev–Trinajstić information content (AvgIpc) is 3.24. The van der Waals surface area contributed by atoms with E-state index in [9.17, 15) is 9.59 Å². The molecule has 0 aromatic carbocycles. The lowest BCUT2D eigenvalue weighted by Gasteiger charge is -2.34. The van der Waals surface area contributed by atoms with Gasteiger partial charge in [0, 0.05) is 65.5 Å². The Labute approximate surface area is 383 Å². The zero-order chi connectivity index (χ0) is 45.9. The summed E-state index contributed by atoms with van der Waals surface area (Å²) in [5.74, 6) is -3.75. The molecule has 0 spiro atoms. The Morgan fingerprint density at radius 3 is 1.02 bits per heavy atom. The fourth-order valence-electron chi connectivity index (χ4n) is 8.07. The molecule has 11 nitrogen and oxygen atoms in total. The van der Waals surface area contributed by atoms with Crippen molar-refractivity contribution >= 4 is 21.0 Å². The van der Waals surface area contributed by atoms with Gasteiger partial charge in [-0.1, -0.05) is 167 Å². The van der Waals surface area contributed by atoms with Gasteiger partial charge < -0.3 is 41.4 Å². The minimum absolute atomic E-state index is 0.155. The molecule has 0 heterocycles. The molecule has 0 saturated carbocycles. The van der Waals surface area contributed by atoms with E-state index in [-0.39, 0.29) is 32.8 Å². The second-order valence-corrected chi connectivity index (χ2v) is 18.6. The molecule has 0 unspecified atom stereocenters. The fraction of sp³-hybridized carbons (Fsp3) is 0.960. The summed E-state index contributed by atoms with van der Waals surface area (Å²) in [5, 5.41) is 0. The van der Waals surface area contributed by atoms with Crippen molar-refractivity contribution in [3.63, 3.8) is 0 Å². The third-order valence-corrected chi connectivity index (χ3v) is 13.4. The highest BCUT2D eigenvalue weighted by Gasteiger charge is 2.58. The Morgan fingerprint density at radius 2 is 0.677 bits per heavy atom. The molecule has 0 bridgehead atoms. The van der Waals surface area contributed by atoms with Crippen LogP contribution >= 0.6 is 0 Å². The quantitative estimate of drug-likeness (QED) is 0.0330. The van der Waals surface area contributed by atoms with E-state index < -0.39 is 32.7 Å². The summed E-state index contributed by atoms with van der Waals surface area (Å²) < 4.78 is 53.0. The molecular formula is C50H100O11Si. The van der Waals surface area contributed by atoms with Crippen molar-refractivity contribution in [2.24, 2.45) is 0 Å². The molecule has 0 aliphatic rings. The Bertz CT molecular complexity index is 971. The summed E-state index contributed by atoms with van der Waals surface area (Å²) in [6.45, 7) is 17.9. The first-order valence-corrected chi connectivity index (χ1v) is 27.8. The third kappa shape index (κ3) is 30.9. The van der Waals surface area contributed by atoms with Crippen molar-refractivity contribution in [3.8, 4) is 0 Å². The van der Waals surface area contributed by atoms with Gasteiger partial charge in [0.1, 0.15) is 0 Å². The van der Waals surface area contributed by atoms with Crippen molar-refractivity contribution in [1.82, 2.24) is 0 Å². The van der Waals surface area contributed by atoms with Crippen LogP contribution in [0.25, 0.3) is 0 Å². The van der Waals surface area contributed by atoms with Crippen LogP contribution in [0.4, 0.5) is 0 Å². The highest BCUT2D eigenvalue weighted by Crippen LogP contribution is 2.28. The molecule has 62 heavy (non-hydrogen) atoms. The van der Waals surface area contributed by atoms with E-state index in [2.05, 4.69) is 6.92 Å². The van der Waals surface area contributed by atoms with E-state index in [0.717, 1.165) is 57.8 Å². The summed E-state index contributed by atoms with van der Waals surface area (Å²) in [6, 6.07) is 0. The van der Waals surface area contributed by atoms with Gasteiger partial charge in [0.05, 0.1) is 0 Å². The molecule has 0 fully saturated rings. The van der Waals surface area contributed by atoms with Crippen molar-refractivity contribution in [2.45, 2.75) is 266 Å². The van der Waals surface area contributed by atoms with E-state index in [4.69, 9.17) is 41.4 Å². The Balaban J connectivity index is 4.63. The van der Waals surface area contributed by atoms with Gasteiger partial charge >= 0.3 is 15.0 Å². The van der Waals surface area contributed by atoms with Crippen LogP contribution in [0, 0.1) is 0 Å². The Morgan fingerprint density at radius 1 is 0.355 bits per heavy atom. The van der Waals surface area contributed by atoms with Crippen LogP contribution < -0.4 is 0 Å². The molecule has 0 aliphatic heterocycles. The fourth-order valence-corrected chi connectivity index (χ4v) is 9.90.